The number of hydrogen-bond acceptors (Lipinski definition) is 6. The summed E-state index contributed by atoms with van der Waals surface area (Å²) in [7, 11) is 0. The van der Waals surface area contributed by atoms with E-state index >= 15 is 0 Å². The summed E-state index contributed by atoms with van der Waals surface area (Å²) in [5.74, 6) is -0.574. The summed E-state index contributed by atoms with van der Waals surface area (Å²) in [6, 6.07) is 18.7. The van der Waals surface area contributed by atoms with Gasteiger partial charge < -0.3 is 24.7 Å². The van der Waals surface area contributed by atoms with E-state index in [1.165, 1.54) is 0 Å². The minimum atomic E-state index is -2.02. The van der Waals surface area contributed by atoms with Gasteiger partial charge in [-0.2, -0.15) is 0 Å². The van der Waals surface area contributed by atoms with E-state index in [1.54, 1.807) is 0 Å². The third-order valence-corrected chi connectivity index (χ3v) is 5.41. The second kappa shape index (κ2) is 11.0. The zero-order chi connectivity index (χ0) is 22.4. The van der Waals surface area contributed by atoms with Crippen LogP contribution < -0.4 is 5.73 Å². The lowest BCUT2D eigenvalue weighted by molar-refractivity contribution is -0.256. The molecular weight excluding hydrogens is 463 g/mol. The van der Waals surface area contributed by atoms with Crippen LogP contribution in [-0.4, -0.2) is 40.3 Å². The predicted molar refractivity (Wildman–Crippen MR) is 121 cm³/mol. The van der Waals surface area contributed by atoms with Crippen LogP contribution in [0.25, 0.3) is 0 Å². The number of ether oxygens (including phenoxy) is 4. The van der Waals surface area contributed by atoms with Gasteiger partial charge >= 0.3 is 0 Å². The monoisotopic (exact) mass is 486 g/mol. The van der Waals surface area contributed by atoms with Gasteiger partial charge in [-0.25, -0.2) is 0 Å². The number of nitrogens with one attached hydrogen (secondary N) is 1. The molecule has 5 atom stereocenters. The van der Waals surface area contributed by atoms with Gasteiger partial charge in [-0.1, -0.05) is 95.5 Å². The molecule has 0 bridgehead atoms. The van der Waals surface area contributed by atoms with Crippen molar-refractivity contribution in [2.75, 3.05) is 0 Å². The molecule has 2 aromatic carbocycles. The molecule has 1 saturated heterocycles. The Balaban J connectivity index is 1.74. The topological polar surface area (TPSA) is 86.8 Å². The quantitative estimate of drug-likeness (QED) is 0.339. The Labute approximate surface area is 197 Å². The van der Waals surface area contributed by atoms with Crippen molar-refractivity contribution in [1.82, 2.24) is 0 Å². The fraction of sp³-hybridized carbons (Fsp3) is 0.409. The molecule has 6 nitrogen and oxygen atoms in total. The zero-order valence-electron chi connectivity index (χ0n) is 16.9. The van der Waals surface area contributed by atoms with E-state index in [4.69, 9.17) is 64.9 Å². The number of halogens is 3. The highest BCUT2D eigenvalue weighted by atomic mass is 35.6. The Morgan fingerprint density at radius 3 is 1.90 bits per heavy atom. The lowest BCUT2D eigenvalue weighted by Crippen LogP contribution is -2.63. The van der Waals surface area contributed by atoms with Crippen molar-refractivity contribution in [3.63, 3.8) is 0 Å². The molecular formula is C22H25Cl3N2O4. The van der Waals surface area contributed by atoms with Crippen LogP contribution in [0.4, 0.5) is 0 Å². The molecule has 0 amide bonds. The summed E-state index contributed by atoms with van der Waals surface area (Å²) in [6.07, 6.45) is -2.53. The maximum Gasteiger partial charge on any atom is 0.265 e. The van der Waals surface area contributed by atoms with Crippen molar-refractivity contribution < 1.29 is 18.9 Å². The van der Waals surface area contributed by atoms with Crippen LogP contribution in [0.2, 0.25) is 0 Å². The first-order valence-electron chi connectivity index (χ1n) is 9.80. The van der Waals surface area contributed by atoms with Crippen LogP contribution in [0.15, 0.2) is 60.7 Å². The van der Waals surface area contributed by atoms with Crippen LogP contribution in [0.3, 0.4) is 0 Å². The van der Waals surface area contributed by atoms with Crippen LogP contribution in [0, 0.1) is 5.41 Å². The smallest absolute Gasteiger partial charge is 0.265 e. The molecule has 31 heavy (non-hydrogen) atoms. The van der Waals surface area contributed by atoms with Gasteiger partial charge in [-0.3, -0.25) is 5.41 Å². The van der Waals surface area contributed by atoms with Crippen LogP contribution >= 0.6 is 34.8 Å². The van der Waals surface area contributed by atoms with Gasteiger partial charge in [0.25, 0.3) is 3.79 Å². The average molecular weight is 488 g/mol. The fourth-order valence-electron chi connectivity index (χ4n) is 3.28. The second-order valence-electron chi connectivity index (χ2n) is 7.25. The molecule has 168 valence electrons. The molecule has 3 rings (SSSR count). The normalized spacial score (nSPS) is 26.4. The molecule has 0 spiro atoms. The molecule has 1 heterocycles. The SMILES string of the molecule is CC1OC(OC(=N)C(Cl)(Cl)Cl)C(N)C(OCc2ccccc2)C1OCc1ccccc1. The maximum atomic E-state index is 7.85. The number of hydrogen-bond donors (Lipinski definition) is 2. The van der Waals surface area contributed by atoms with Gasteiger partial charge in [-0.15, -0.1) is 0 Å². The van der Waals surface area contributed by atoms with Gasteiger partial charge in [0.1, 0.15) is 12.2 Å². The van der Waals surface area contributed by atoms with E-state index in [0.29, 0.717) is 13.2 Å². The average Bonchev–Trinajstić information content (AvgIpc) is 2.75. The number of rotatable bonds is 7. The molecule has 3 N–H and O–H groups in total. The molecule has 2 aromatic rings. The van der Waals surface area contributed by atoms with E-state index < -0.39 is 40.3 Å². The minimum Gasteiger partial charge on any atom is -0.446 e. The summed E-state index contributed by atoms with van der Waals surface area (Å²) < 4.78 is 21.6. The molecule has 5 unspecified atom stereocenters. The van der Waals surface area contributed by atoms with Gasteiger partial charge in [0.15, 0.2) is 0 Å². The Kier molecular flexibility index (Phi) is 8.58. The number of benzene rings is 2. The van der Waals surface area contributed by atoms with Crippen molar-refractivity contribution in [2.24, 2.45) is 5.73 Å². The molecule has 1 fully saturated rings. The van der Waals surface area contributed by atoms with Crippen LogP contribution in [-0.2, 0) is 32.2 Å². The summed E-state index contributed by atoms with van der Waals surface area (Å²) in [6.45, 7) is 2.52. The lowest BCUT2D eigenvalue weighted by Gasteiger charge is -2.44. The first-order chi connectivity index (χ1) is 14.8. The molecule has 0 aromatic heterocycles. The Morgan fingerprint density at radius 1 is 0.935 bits per heavy atom. The minimum absolute atomic E-state index is 0.325. The number of nitrogens with two attached hydrogens (primary N) is 1. The van der Waals surface area contributed by atoms with Crippen molar-refractivity contribution in [3.05, 3.63) is 71.8 Å². The second-order valence-corrected chi connectivity index (χ2v) is 9.54. The van der Waals surface area contributed by atoms with E-state index in [9.17, 15) is 0 Å². The molecule has 1 aliphatic heterocycles. The zero-order valence-corrected chi connectivity index (χ0v) is 19.2. The predicted octanol–water partition coefficient (Wildman–Crippen LogP) is 4.59. The van der Waals surface area contributed by atoms with Crippen molar-refractivity contribution in [3.8, 4) is 0 Å². The molecule has 1 aliphatic rings. The molecule has 9 heteroatoms. The Hall–Kier alpha value is -1.38. The Morgan fingerprint density at radius 2 is 1.42 bits per heavy atom. The summed E-state index contributed by atoms with van der Waals surface area (Å²) in [5, 5.41) is 7.85. The van der Waals surface area contributed by atoms with Gasteiger partial charge in [0, 0.05) is 0 Å². The number of alkyl halides is 3. The molecule has 0 saturated carbocycles. The summed E-state index contributed by atoms with van der Waals surface area (Å²) in [5.41, 5.74) is 8.42. The summed E-state index contributed by atoms with van der Waals surface area (Å²) >= 11 is 17.2. The first kappa shape index (κ1) is 24.3. The van der Waals surface area contributed by atoms with E-state index in [0.717, 1.165) is 11.1 Å². The lowest BCUT2D eigenvalue weighted by atomic mass is 9.97. The highest BCUT2D eigenvalue weighted by molar-refractivity contribution is 6.76. The van der Waals surface area contributed by atoms with Crippen molar-refractivity contribution in [1.29, 1.82) is 5.41 Å². The van der Waals surface area contributed by atoms with E-state index in [1.807, 2.05) is 67.6 Å². The first-order valence-corrected chi connectivity index (χ1v) is 10.9. The summed E-state index contributed by atoms with van der Waals surface area (Å²) in [4.78, 5) is 0. The van der Waals surface area contributed by atoms with E-state index in [-0.39, 0.29) is 0 Å². The van der Waals surface area contributed by atoms with Crippen molar-refractivity contribution >= 4 is 40.7 Å². The maximum absolute atomic E-state index is 7.85. The van der Waals surface area contributed by atoms with Gasteiger partial charge in [-0.05, 0) is 18.1 Å². The fourth-order valence-corrected chi connectivity index (χ4v) is 3.41. The third kappa shape index (κ3) is 6.80. The van der Waals surface area contributed by atoms with E-state index in [2.05, 4.69) is 0 Å². The highest BCUT2D eigenvalue weighted by Crippen LogP contribution is 2.32. The standard InChI is InChI=1S/C22H25Cl3N2O4/c1-14-18(28-12-15-8-4-2-5-9-15)19(29-13-16-10-6-3-7-11-16)17(26)20(30-14)31-21(27)22(23,24)25/h2-11,14,17-20,27H,12-13,26H2,1H3. The highest BCUT2D eigenvalue weighted by Gasteiger charge is 2.46. The third-order valence-electron chi connectivity index (χ3n) is 4.89. The van der Waals surface area contributed by atoms with Crippen LogP contribution in [0.1, 0.15) is 18.1 Å². The molecule has 0 aliphatic carbocycles. The van der Waals surface area contributed by atoms with Crippen molar-refractivity contribution in [2.45, 2.75) is 54.6 Å². The molecule has 0 radical (unpaired) electrons. The Bertz CT molecular complexity index is 836. The van der Waals surface area contributed by atoms with Gasteiger partial charge in [0.2, 0.25) is 12.2 Å². The largest absolute Gasteiger partial charge is 0.446 e. The van der Waals surface area contributed by atoms with Crippen LogP contribution in [0.5, 0.6) is 0 Å². The van der Waals surface area contributed by atoms with Gasteiger partial charge in [0.05, 0.1) is 25.4 Å².